The van der Waals surface area contributed by atoms with E-state index in [0.717, 1.165) is 25.7 Å². The fourth-order valence-electron chi connectivity index (χ4n) is 5.16. The molecule has 1 unspecified atom stereocenters. The summed E-state index contributed by atoms with van der Waals surface area (Å²) in [7, 11) is 0. The van der Waals surface area contributed by atoms with Crippen LogP contribution in [-0.2, 0) is 12.8 Å². The number of piperidine rings is 1. The van der Waals surface area contributed by atoms with E-state index in [9.17, 15) is 14.9 Å². The number of nitro benzene ring substituents is 1. The fourth-order valence-corrected chi connectivity index (χ4v) is 5.16. The van der Waals surface area contributed by atoms with Crippen molar-refractivity contribution in [1.82, 2.24) is 4.90 Å². The maximum atomic E-state index is 13.4. The van der Waals surface area contributed by atoms with Crippen LogP contribution in [0.2, 0.25) is 0 Å². The average molecular weight is 428 g/mol. The van der Waals surface area contributed by atoms with Crippen LogP contribution in [0.5, 0.6) is 5.75 Å². The van der Waals surface area contributed by atoms with Crippen molar-refractivity contribution >= 4 is 11.6 Å². The Hall–Kier alpha value is -3.67. The number of rotatable bonds is 5. The molecule has 0 aliphatic carbocycles. The zero-order chi connectivity index (χ0) is 22.1. The van der Waals surface area contributed by atoms with Crippen LogP contribution in [0.3, 0.4) is 0 Å². The number of non-ortho nitro benzene ring substituents is 1. The molecule has 2 heterocycles. The summed E-state index contributed by atoms with van der Waals surface area (Å²) < 4.78 is 6.48. The standard InChI is InChI=1S/C26H24N2O4/c29-24-22-16-21(28(30)31)12-13-23(22)32-25-26(14-7-15-27(24)25,17-19-8-3-1-4-9-19)18-20-10-5-2-6-11-20/h1-6,8-13,16,25H,7,14-15,17-18H2. The minimum absolute atomic E-state index is 0.101. The Balaban J connectivity index is 1.58. The smallest absolute Gasteiger partial charge is 0.270 e. The van der Waals surface area contributed by atoms with Crippen LogP contribution < -0.4 is 4.74 Å². The largest absolute Gasteiger partial charge is 0.469 e. The Morgan fingerprint density at radius 3 is 2.19 bits per heavy atom. The van der Waals surface area contributed by atoms with Gasteiger partial charge in [-0.05, 0) is 42.9 Å². The highest BCUT2D eigenvalue weighted by Crippen LogP contribution is 2.46. The molecule has 5 rings (SSSR count). The number of hydrogen-bond donors (Lipinski definition) is 0. The second kappa shape index (κ2) is 8.11. The van der Waals surface area contributed by atoms with Crippen molar-refractivity contribution in [2.24, 2.45) is 5.41 Å². The van der Waals surface area contributed by atoms with Crippen LogP contribution >= 0.6 is 0 Å². The molecule has 0 bridgehead atoms. The Morgan fingerprint density at radius 2 is 1.59 bits per heavy atom. The first-order chi connectivity index (χ1) is 15.6. The van der Waals surface area contributed by atoms with Gasteiger partial charge in [0.15, 0.2) is 6.23 Å². The summed E-state index contributed by atoms with van der Waals surface area (Å²) in [4.78, 5) is 26.0. The van der Waals surface area contributed by atoms with Crippen molar-refractivity contribution in [2.45, 2.75) is 31.9 Å². The van der Waals surface area contributed by atoms with Gasteiger partial charge in [0.1, 0.15) is 5.75 Å². The van der Waals surface area contributed by atoms with E-state index < -0.39 is 11.2 Å². The zero-order valence-corrected chi connectivity index (χ0v) is 17.6. The van der Waals surface area contributed by atoms with Crippen molar-refractivity contribution < 1.29 is 14.5 Å². The normalized spacial score (nSPS) is 18.9. The van der Waals surface area contributed by atoms with E-state index in [2.05, 4.69) is 24.3 Å². The molecule has 2 aliphatic heterocycles. The van der Waals surface area contributed by atoms with Crippen molar-refractivity contribution in [1.29, 1.82) is 0 Å². The van der Waals surface area contributed by atoms with Crippen molar-refractivity contribution in [3.63, 3.8) is 0 Å². The molecule has 6 nitrogen and oxygen atoms in total. The number of nitro groups is 1. The van der Waals surface area contributed by atoms with Crippen molar-refractivity contribution in [2.75, 3.05) is 6.54 Å². The van der Waals surface area contributed by atoms with E-state index in [1.807, 2.05) is 36.4 Å². The lowest BCUT2D eigenvalue weighted by Gasteiger charge is -2.51. The maximum Gasteiger partial charge on any atom is 0.270 e. The second-order valence-electron chi connectivity index (χ2n) is 8.70. The Labute approximate surface area is 186 Å². The third kappa shape index (κ3) is 3.62. The maximum absolute atomic E-state index is 13.4. The number of carbonyl (C=O) groups is 1. The molecule has 0 radical (unpaired) electrons. The third-order valence-electron chi connectivity index (χ3n) is 6.58. The van der Waals surface area contributed by atoms with E-state index in [1.54, 1.807) is 11.0 Å². The first-order valence-electron chi connectivity index (χ1n) is 10.9. The number of amides is 1. The topological polar surface area (TPSA) is 72.7 Å². The molecule has 0 saturated carbocycles. The highest BCUT2D eigenvalue weighted by atomic mass is 16.6. The summed E-state index contributed by atoms with van der Waals surface area (Å²) >= 11 is 0. The first-order valence-corrected chi connectivity index (χ1v) is 10.9. The minimum Gasteiger partial charge on any atom is -0.469 e. The van der Waals surface area contributed by atoms with Crippen molar-refractivity contribution in [3.05, 3.63) is 106 Å². The van der Waals surface area contributed by atoms with Gasteiger partial charge in [-0.1, -0.05) is 60.7 Å². The third-order valence-corrected chi connectivity index (χ3v) is 6.58. The lowest BCUT2D eigenvalue weighted by molar-refractivity contribution is -0.384. The molecule has 1 amide bonds. The molecule has 1 saturated heterocycles. The fraction of sp³-hybridized carbons (Fsp3) is 0.269. The van der Waals surface area contributed by atoms with E-state index in [-0.39, 0.29) is 22.6 Å². The lowest BCUT2D eigenvalue weighted by Crippen LogP contribution is -2.61. The van der Waals surface area contributed by atoms with Crippen LogP contribution in [0.15, 0.2) is 78.9 Å². The molecule has 2 aliphatic rings. The van der Waals surface area contributed by atoms with E-state index in [1.165, 1.54) is 23.3 Å². The van der Waals surface area contributed by atoms with Gasteiger partial charge in [0.2, 0.25) is 0 Å². The van der Waals surface area contributed by atoms with Crippen LogP contribution in [0.4, 0.5) is 5.69 Å². The van der Waals surface area contributed by atoms with Gasteiger partial charge in [0, 0.05) is 24.1 Å². The molecule has 1 atom stereocenters. The van der Waals surface area contributed by atoms with Gasteiger partial charge in [-0.3, -0.25) is 14.9 Å². The summed E-state index contributed by atoms with van der Waals surface area (Å²) in [6.07, 6.45) is 2.90. The van der Waals surface area contributed by atoms with Crippen LogP contribution in [-0.4, -0.2) is 28.5 Å². The number of benzene rings is 3. The predicted molar refractivity (Wildman–Crippen MR) is 121 cm³/mol. The summed E-state index contributed by atoms with van der Waals surface area (Å²) in [5.74, 6) is 0.236. The van der Waals surface area contributed by atoms with Gasteiger partial charge in [-0.15, -0.1) is 0 Å². The van der Waals surface area contributed by atoms with Gasteiger partial charge in [-0.2, -0.15) is 0 Å². The molecule has 3 aromatic rings. The highest BCUT2D eigenvalue weighted by Gasteiger charge is 2.51. The number of carbonyl (C=O) groups excluding carboxylic acids is 1. The monoisotopic (exact) mass is 428 g/mol. The summed E-state index contributed by atoms with van der Waals surface area (Å²) in [6.45, 7) is 0.580. The average Bonchev–Trinajstić information content (AvgIpc) is 2.81. The van der Waals surface area contributed by atoms with E-state index in [4.69, 9.17) is 4.74 Å². The Morgan fingerprint density at radius 1 is 0.969 bits per heavy atom. The Bertz CT molecular complexity index is 1110. The molecular formula is C26H24N2O4. The van der Waals surface area contributed by atoms with Crippen LogP contribution in [0.1, 0.15) is 34.3 Å². The van der Waals surface area contributed by atoms with E-state index >= 15 is 0 Å². The van der Waals surface area contributed by atoms with Gasteiger partial charge in [-0.25, -0.2) is 0 Å². The molecule has 3 aromatic carbocycles. The Kier molecular flexibility index (Phi) is 5.13. The molecule has 0 aromatic heterocycles. The highest BCUT2D eigenvalue weighted by molar-refractivity contribution is 5.98. The van der Waals surface area contributed by atoms with Crippen LogP contribution in [0.25, 0.3) is 0 Å². The molecule has 1 fully saturated rings. The minimum atomic E-state index is -0.481. The SMILES string of the molecule is O=C1c2cc([N+](=O)[O-])ccc2OC2N1CCCC2(Cc1ccccc1)Cc1ccccc1. The molecule has 0 N–H and O–H groups in total. The van der Waals surface area contributed by atoms with Gasteiger partial charge in [0.25, 0.3) is 11.6 Å². The number of nitrogens with zero attached hydrogens (tertiary/aromatic N) is 2. The van der Waals surface area contributed by atoms with Crippen LogP contribution in [0, 0.1) is 15.5 Å². The quantitative estimate of drug-likeness (QED) is 0.422. The van der Waals surface area contributed by atoms with Gasteiger partial charge >= 0.3 is 0 Å². The number of hydrogen-bond acceptors (Lipinski definition) is 4. The summed E-state index contributed by atoms with van der Waals surface area (Å²) in [6, 6.07) is 24.9. The van der Waals surface area contributed by atoms with Gasteiger partial charge < -0.3 is 9.64 Å². The summed E-state index contributed by atoms with van der Waals surface area (Å²) in [5, 5.41) is 11.2. The predicted octanol–water partition coefficient (Wildman–Crippen LogP) is 5.02. The molecule has 32 heavy (non-hydrogen) atoms. The van der Waals surface area contributed by atoms with Gasteiger partial charge in [0.05, 0.1) is 10.5 Å². The van der Waals surface area contributed by atoms with Crippen molar-refractivity contribution in [3.8, 4) is 5.75 Å². The lowest BCUT2D eigenvalue weighted by atomic mass is 9.69. The van der Waals surface area contributed by atoms with E-state index in [0.29, 0.717) is 12.3 Å². The molecule has 6 heteroatoms. The molecule has 0 spiro atoms. The zero-order valence-electron chi connectivity index (χ0n) is 17.6. The molecular weight excluding hydrogens is 404 g/mol. The number of ether oxygens (including phenoxy) is 1. The summed E-state index contributed by atoms with van der Waals surface area (Å²) in [5.41, 5.74) is 2.27. The second-order valence-corrected chi connectivity index (χ2v) is 8.70. The number of fused-ring (bicyclic) bond motifs is 2. The molecule has 162 valence electrons. The first kappa shape index (κ1) is 20.2.